The maximum Gasteiger partial charge on any atom is 0.363 e. The quantitative estimate of drug-likeness (QED) is 0.640. The van der Waals surface area contributed by atoms with Crippen molar-refractivity contribution in [2.45, 2.75) is 6.92 Å². The van der Waals surface area contributed by atoms with Crippen molar-refractivity contribution in [2.24, 2.45) is 12.0 Å². The predicted molar refractivity (Wildman–Crippen MR) is 86.6 cm³/mol. The Kier molecular flexibility index (Phi) is 3.92. The molecule has 2 heterocycles. The van der Waals surface area contributed by atoms with Gasteiger partial charge in [-0.2, -0.15) is 5.10 Å². The summed E-state index contributed by atoms with van der Waals surface area (Å²) < 4.78 is 11.9. The first-order valence-corrected chi connectivity index (χ1v) is 7.23. The Morgan fingerprint density at radius 3 is 2.57 bits per heavy atom. The molecule has 0 N–H and O–H groups in total. The first-order valence-electron chi connectivity index (χ1n) is 6.85. The second-order valence-electron chi connectivity index (χ2n) is 4.98. The van der Waals surface area contributed by atoms with Crippen LogP contribution in [0.15, 0.2) is 35.0 Å². The number of aryl methyl sites for hydroxylation is 2. The van der Waals surface area contributed by atoms with Crippen molar-refractivity contribution in [3.63, 3.8) is 0 Å². The minimum atomic E-state index is -0.518. The molecule has 0 unspecified atom stereocenters. The van der Waals surface area contributed by atoms with E-state index in [1.807, 2.05) is 6.92 Å². The normalized spacial score (nSPS) is 15.7. The molecule has 0 atom stereocenters. The monoisotopic (exact) mass is 331 g/mol. The van der Waals surface area contributed by atoms with Crippen molar-refractivity contribution in [2.75, 3.05) is 7.11 Å². The number of halogens is 1. The average molecular weight is 332 g/mol. The van der Waals surface area contributed by atoms with Crippen LogP contribution in [0.5, 0.6) is 5.75 Å². The summed E-state index contributed by atoms with van der Waals surface area (Å²) in [7, 11) is 3.32. The lowest BCUT2D eigenvalue weighted by Gasteiger charge is -2.01. The molecule has 118 valence electrons. The Morgan fingerprint density at radius 1 is 1.30 bits per heavy atom. The van der Waals surface area contributed by atoms with Crippen LogP contribution in [-0.4, -0.2) is 28.8 Å². The molecule has 0 saturated carbocycles. The van der Waals surface area contributed by atoms with Crippen molar-refractivity contribution in [3.05, 3.63) is 51.9 Å². The fourth-order valence-electron chi connectivity index (χ4n) is 2.21. The number of cyclic esters (lactones) is 1. The first kappa shape index (κ1) is 15.3. The predicted octanol–water partition coefficient (Wildman–Crippen LogP) is 2.74. The minimum Gasteiger partial charge on any atom is -0.497 e. The number of methoxy groups -OCH3 is 1. The summed E-state index contributed by atoms with van der Waals surface area (Å²) in [6.45, 7) is 1.81. The van der Waals surface area contributed by atoms with E-state index in [2.05, 4.69) is 10.1 Å². The minimum absolute atomic E-state index is 0.189. The Bertz CT molecular complexity index is 835. The van der Waals surface area contributed by atoms with Crippen LogP contribution in [-0.2, 0) is 16.6 Å². The van der Waals surface area contributed by atoms with Gasteiger partial charge in [-0.15, -0.1) is 0 Å². The summed E-state index contributed by atoms with van der Waals surface area (Å²) in [5, 5.41) is 4.64. The number of hydrogen-bond donors (Lipinski definition) is 0. The summed E-state index contributed by atoms with van der Waals surface area (Å²) >= 11 is 6.17. The molecule has 7 heteroatoms. The van der Waals surface area contributed by atoms with Crippen molar-refractivity contribution in [1.29, 1.82) is 0 Å². The van der Waals surface area contributed by atoms with Crippen molar-refractivity contribution >= 4 is 29.5 Å². The number of ether oxygens (including phenoxy) is 2. The van der Waals surface area contributed by atoms with E-state index in [0.29, 0.717) is 27.7 Å². The van der Waals surface area contributed by atoms with Gasteiger partial charge < -0.3 is 9.47 Å². The Hall–Kier alpha value is -2.60. The number of carbonyl (C=O) groups excluding carboxylic acids is 1. The molecular formula is C16H14ClN3O3. The molecule has 3 rings (SSSR count). The molecule has 0 radical (unpaired) electrons. The van der Waals surface area contributed by atoms with Gasteiger partial charge in [0.15, 0.2) is 5.70 Å². The molecule has 0 bridgehead atoms. The molecule has 1 aromatic carbocycles. The van der Waals surface area contributed by atoms with Gasteiger partial charge in [0.1, 0.15) is 10.9 Å². The molecular weight excluding hydrogens is 318 g/mol. The second-order valence-corrected chi connectivity index (χ2v) is 5.34. The fourth-order valence-corrected chi connectivity index (χ4v) is 2.44. The molecule has 2 aromatic rings. The van der Waals surface area contributed by atoms with Gasteiger partial charge in [0.25, 0.3) is 0 Å². The Morgan fingerprint density at radius 2 is 2.00 bits per heavy atom. The molecule has 0 fully saturated rings. The highest BCUT2D eigenvalue weighted by Gasteiger charge is 2.25. The van der Waals surface area contributed by atoms with E-state index in [4.69, 9.17) is 21.1 Å². The molecule has 0 amide bonds. The van der Waals surface area contributed by atoms with Crippen LogP contribution in [0.4, 0.5) is 0 Å². The number of hydrogen-bond acceptors (Lipinski definition) is 5. The SMILES string of the molecule is COc1ccc(C2=NC(=Cc3c(C)nn(C)c3Cl)C(=O)O2)cc1. The van der Waals surface area contributed by atoms with Crippen molar-refractivity contribution in [3.8, 4) is 5.75 Å². The molecule has 23 heavy (non-hydrogen) atoms. The molecule has 1 aliphatic heterocycles. The zero-order valence-corrected chi connectivity index (χ0v) is 13.6. The smallest absolute Gasteiger partial charge is 0.363 e. The van der Waals surface area contributed by atoms with Gasteiger partial charge in [-0.25, -0.2) is 9.79 Å². The third-order valence-electron chi connectivity index (χ3n) is 3.43. The molecule has 6 nitrogen and oxygen atoms in total. The summed E-state index contributed by atoms with van der Waals surface area (Å²) in [5.41, 5.74) is 2.25. The maximum atomic E-state index is 12.0. The lowest BCUT2D eigenvalue weighted by atomic mass is 10.2. The van der Waals surface area contributed by atoms with Gasteiger partial charge in [-0.1, -0.05) is 11.6 Å². The number of rotatable bonds is 3. The molecule has 0 spiro atoms. The lowest BCUT2D eigenvalue weighted by Crippen LogP contribution is -2.05. The topological polar surface area (TPSA) is 65.7 Å². The lowest BCUT2D eigenvalue weighted by molar-refractivity contribution is -0.129. The number of esters is 1. The van der Waals surface area contributed by atoms with Crippen LogP contribution in [0.3, 0.4) is 0 Å². The number of aromatic nitrogens is 2. The highest BCUT2D eigenvalue weighted by molar-refractivity contribution is 6.31. The average Bonchev–Trinajstić information content (AvgIpc) is 3.03. The molecule has 1 aliphatic rings. The molecule has 0 aliphatic carbocycles. The van der Waals surface area contributed by atoms with Crippen LogP contribution in [0.1, 0.15) is 16.8 Å². The van der Waals surface area contributed by atoms with E-state index in [1.165, 1.54) is 4.68 Å². The maximum absolute atomic E-state index is 12.0. The highest BCUT2D eigenvalue weighted by Crippen LogP contribution is 2.25. The van der Waals surface area contributed by atoms with Gasteiger partial charge in [0.2, 0.25) is 5.90 Å². The Labute approximate surface area is 138 Å². The van der Waals surface area contributed by atoms with Gasteiger partial charge in [-0.3, -0.25) is 4.68 Å². The van der Waals surface area contributed by atoms with E-state index >= 15 is 0 Å². The van der Waals surface area contributed by atoms with Gasteiger partial charge in [0, 0.05) is 18.2 Å². The summed E-state index contributed by atoms with van der Waals surface area (Å²) in [6, 6.07) is 7.09. The highest BCUT2D eigenvalue weighted by atomic mass is 35.5. The number of aliphatic imine (C=N–C) groups is 1. The second kappa shape index (κ2) is 5.89. The van der Waals surface area contributed by atoms with E-state index in [0.717, 1.165) is 0 Å². The van der Waals surface area contributed by atoms with Crippen LogP contribution in [0.2, 0.25) is 5.15 Å². The largest absolute Gasteiger partial charge is 0.497 e. The van der Waals surface area contributed by atoms with Crippen LogP contribution >= 0.6 is 11.6 Å². The summed E-state index contributed by atoms with van der Waals surface area (Å²) in [4.78, 5) is 16.3. The van der Waals surface area contributed by atoms with E-state index in [1.54, 1.807) is 44.5 Å². The molecule has 1 aromatic heterocycles. The first-order chi connectivity index (χ1) is 11.0. The van der Waals surface area contributed by atoms with Crippen LogP contribution in [0.25, 0.3) is 6.08 Å². The number of benzene rings is 1. The third kappa shape index (κ3) is 2.85. The van der Waals surface area contributed by atoms with E-state index in [-0.39, 0.29) is 11.6 Å². The molecule has 0 saturated heterocycles. The van der Waals surface area contributed by atoms with Gasteiger partial charge in [-0.05, 0) is 37.3 Å². The van der Waals surface area contributed by atoms with Gasteiger partial charge in [0.05, 0.1) is 12.8 Å². The van der Waals surface area contributed by atoms with Crippen molar-refractivity contribution in [1.82, 2.24) is 9.78 Å². The van der Waals surface area contributed by atoms with Crippen molar-refractivity contribution < 1.29 is 14.3 Å². The standard InChI is InChI=1S/C16H14ClN3O3/c1-9-12(14(17)20(2)19-9)8-13-16(21)23-15(18-13)10-4-6-11(22-3)7-5-10/h4-8H,1-3H3. The van der Waals surface area contributed by atoms with E-state index < -0.39 is 5.97 Å². The Balaban J connectivity index is 1.96. The van der Waals surface area contributed by atoms with Gasteiger partial charge >= 0.3 is 5.97 Å². The zero-order chi connectivity index (χ0) is 16.6. The summed E-state index contributed by atoms with van der Waals surface area (Å²) in [6.07, 6.45) is 1.59. The summed E-state index contributed by atoms with van der Waals surface area (Å²) in [5.74, 6) is 0.448. The third-order valence-corrected chi connectivity index (χ3v) is 3.88. The van der Waals surface area contributed by atoms with E-state index in [9.17, 15) is 4.79 Å². The number of nitrogens with zero attached hydrogens (tertiary/aromatic N) is 3. The van der Waals surface area contributed by atoms with Crippen LogP contribution < -0.4 is 4.74 Å². The zero-order valence-electron chi connectivity index (χ0n) is 12.8. The number of carbonyl (C=O) groups is 1. The fraction of sp³-hybridized carbons (Fsp3) is 0.188. The van der Waals surface area contributed by atoms with Crippen LogP contribution in [0, 0.1) is 6.92 Å².